The Morgan fingerprint density at radius 2 is 2.07 bits per heavy atom. The van der Waals surface area contributed by atoms with Gasteiger partial charge < -0.3 is 19.1 Å². The Labute approximate surface area is 173 Å². The standard InChI is InChI=1S/C22H25N3O5/c1-22(2,3)18-12-25-20(15-10-16(26)14(21(27)28)11-24(15)18)13-6-5-7-17(19(13)23-25)30-9-8-29-4/h5-7,10-11,18H,8-9,12H2,1-4H3,(H,27,28). The second-order valence-electron chi connectivity index (χ2n) is 8.56. The number of nitrogens with zero attached hydrogens (tertiary/aromatic N) is 3. The normalized spacial score (nSPS) is 15.7. The second-order valence-corrected chi connectivity index (χ2v) is 8.56. The highest BCUT2D eigenvalue weighted by Gasteiger charge is 2.35. The summed E-state index contributed by atoms with van der Waals surface area (Å²) < 4.78 is 14.7. The molecule has 1 aromatic carbocycles. The van der Waals surface area contributed by atoms with Crippen LogP contribution in [0.15, 0.2) is 35.3 Å². The van der Waals surface area contributed by atoms with Crippen molar-refractivity contribution < 1.29 is 19.4 Å². The van der Waals surface area contributed by atoms with Crippen LogP contribution >= 0.6 is 0 Å². The van der Waals surface area contributed by atoms with Crippen LogP contribution in [0.4, 0.5) is 0 Å². The van der Waals surface area contributed by atoms with Crippen molar-refractivity contribution in [3.63, 3.8) is 0 Å². The first-order valence-electron chi connectivity index (χ1n) is 9.83. The zero-order valence-corrected chi connectivity index (χ0v) is 17.5. The van der Waals surface area contributed by atoms with Crippen molar-refractivity contribution in [2.45, 2.75) is 33.4 Å². The SMILES string of the molecule is COCCOc1cccc2c3n(nc12)CC(C(C)(C)C)n1cc(C(=O)O)c(=O)cc1-3. The highest BCUT2D eigenvalue weighted by Crippen LogP contribution is 2.42. The number of ether oxygens (including phenoxy) is 2. The number of carboxylic acids is 1. The lowest BCUT2D eigenvalue weighted by Gasteiger charge is -2.38. The van der Waals surface area contributed by atoms with E-state index in [1.165, 1.54) is 12.3 Å². The minimum Gasteiger partial charge on any atom is -0.489 e. The van der Waals surface area contributed by atoms with E-state index in [0.29, 0.717) is 36.7 Å². The van der Waals surface area contributed by atoms with Gasteiger partial charge in [0.25, 0.3) is 0 Å². The van der Waals surface area contributed by atoms with E-state index in [1.807, 2.05) is 27.4 Å². The fourth-order valence-electron chi connectivity index (χ4n) is 3.98. The summed E-state index contributed by atoms with van der Waals surface area (Å²) in [7, 11) is 1.62. The highest BCUT2D eigenvalue weighted by molar-refractivity contribution is 5.96. The lowest BCUT2D eigenvalue weighted by molar-refractivity contribution is 0.0693. The first-order valence-corrected chi connectivity index (χ1v) is 9.83. The van der Waals surface area contributed by atoms with E-state index < -0.39 is 11.4 Å². The molecule has 30 heavy (non-hydrogen) atoms. The number of pyridine rings is 1. The highest BCUT2D eigenvalue weighted by atomic mass is 16.5. The molecule has 0 spiro atoms. The number of rotatable bonds is 5. The van der Waals surface area contributed by atoms with Gasteiger partial charge in [0, 0.05) is 24.8 Å². The number of fused-ring (bicyclic) bond motifs is 5. The first-order chi connectivity index (χ1) is 14.2. The van der Waals surface area contributed by atoms with E-state index in [0.717, 1.165) is 11.1 Å². The van der Waals surface area contributed by atoms with Crippen LogP contribution in [0.3, 0.4) is 0 Å². The second kappa shape index (κ2) is 7.28. The molecular weight excluding hydrogens is 386 g/mol. The third-order valence-electron chi connectivity index (χ3n) is 5.51. The molecule has 1 aliphatic heterocycles. The Kier molecular flexibility index (Phi) is 4.89. The molecule has 1 aliphatic rings. The predicted molar refractivity (Wildman–Crippen MR) is 112 cm³/mol. The molecule has 0 amide bonds. The van der Waals surface area contributed by atoms with Crippen LogP contribution in [0.5, 0.6) is 5.75 Å². The molecule has 3 aromatic rings. The number of carboxylic acid groups (broad SMARTS) is 1. The molecule has 0 aliphatic carbocycles. The number of aromatic carboxylic acids is 1. The average molecular weight is 411 g/mol. The van der Waals surface area contributed by atoms with Gasteiger partial charge in [0.1, 0.15) is 23.4 Å². The Morgan fingerprint density at radius 1 is 1.30 bits per heavy atom. The van der Waals surface area contributed by atoms with Crippen molar-refractivity contribution in [2.75, 3.05) is 20.3 Å². The molecule has 0 bridgehead atoms. The van der Waals surface area contributed by atoms with E-state index >= 15 is 0 Å². The van der Waals surface area contributed by atoms with Crippen molar-refractivity contribution in [1.29, 1.82) is 0 Å². The summed E-state index contributed by atoms with van der Waals surface area (Å²) in [5.74, 6) is -0.574. The number of methoxy groups -OCH3 is 1. The van der Waals surface area contributed by atoms with E-state index in [4.69, 9.17) is 14.6 Å². The zero-order chi connectivity index (χ0) is 21.6. The summed E-state index contributed by atoms with van der Waals surface area (Å²) in [5, 5.41) is 15.1. The monoisotopic (exact) mass is 411 g/mol. The van der Waals surface area contributed by atoms with Crippen LogP contribution in [-0.4, -0.2) is 45.7 Å². The molecule has 0 radical (unpaired) electrons. The van der Waals surface area contributed by atoms with Gasteiger partial charge in [-0.15, -0.1) is 0 Å². The summed E-state index contributed by atoms with van der Waals surface area (Å²) in [6.07, 6.45) is 1.47. The van der Waals surface area contributed by atoms with Crippen LogP contribution in [0, 0.1) is 5.41 Å². The van der Waals surface area contributed by atoms with Crippen molar-refractivity contribution in [1.82, 2.24) is 14.3 Å². The van der Waals surface area contributed by atoms with Gasteiger partial charge in [-0.05, 0) is 11.5 Å². The number of hydrogen-bond donors (Lipinski definition) is 1. The van der Waals surface area contributed by atoms with Gasteiger partial charge in [0.15, 0.2) is 5.43 Å². The maximum atomic E-state index is 12.5. The molecular formula is C22H25N3O5. The van der Waals surface area contributed by atoms with Crippen LogP contribution < -0.4 is 10.2 Å². The van der Waals surface area contributed by atoms with Gasteiger partial charge in [-0.3, -0.25) is 9.48 Å². The van der Waals surface area contributed by atoms with Crippen LogP contribution in [0.2, 0.25) is 0 Å². The maximum absolute atomic E-state index is 12.5. The summed E-state index contributed by atoms with van der Waals surface area (Å²) in [5.41, 5.74) is 1.22. The topological polar surface area (TPSA) is 95.6 Å². The lowest BCUT2D eigenvalue weighted by Crippen LogP contribution is -2.35. The van der Waals surface area contributed by atoms with E-state index in [1.54, 1.807) is 7.11 Å². The Morgan fingerprint density at radius 3 is 2.73 bits per heavy atom. The number of benzene rings is 1. The first kappa shape index (κ1) is 20.2. The average Bonchev–Trinajstić information content (AvgIpc) is 3.06. The van der Waals surface area contributed by atoms with Crippen LogP contribution in [-0.2, 0) is 11.3 Å². The van der Waals surface area contributed by atoms with Gasteiger partial charge in [-0.25, -0.2) is 4.79 Å². The molecule has 2 aromatic heterocycles. The van der Waals surface area contributed by atoms with E-state index in [2.05, 4.69) is 20.8 Å². The molecule has 4 rings (SSSR count). The summed E-state index contributed by atoms with van der Waals surface area (Å²) in [6.45, 7) is 7.70. The quantitative estimate of drug-likeness (QED) is 0.648. The van der Waals surface area contributed by atoms with Crippen molar-refractivity contribution in [2.24, 2.45) is 5.41 Å². The Hall–Kier alpha value is -3.13. The summed E-state index contributed by atoms with van der Waals surface area (Å²) in [6, 6.07) is 7.02. The third kappa shape index (κ3) is 3.27. The van der Waals surface area contributed by atoms with Crippen LogP contribution in [0.25, 0.3) is 22.3 Å². The molecule has 0 saturated heterocycles. The molecule has 0 saturated carbocycles. The fourth-order valence-corrected chi connectivity index (χ4v) is 3.98. The van der Waals surface area contributed by atoms with E-state index in [-0.39, 0.29) is 17.0 Å². The van der Waals surface area contributed by atoms with Crippen molar-refractivity contribution in [3.05, 3.63) is 46.2 Å². The Balaban J connectivity index is 1.96. The van der Waals surface area contributed by atoms with Gasteiger partial charge in [0.05, 0.1) is 30.6 Å². The molecule has 1 unspecified atom stereocenters. The molecule has 1 atom stereocenters. The third-order valence-corrected chi connectivity index (χ3v) is 5.51. The molecule has 1 N–H and O–H groups in total. The maximum Gasteiger partial charge on any atom is 0.341 e. The predicted octanol–water partition coefficient (Wildman–Crippen LogP) is 3.19. The lowest BCUT2D eigenvalue weighted by atomic mass is 9.85. The molecule has 3 heterocycles. The molecule has 0 fully saturated rings. The minimum absolute atomic E-state index is 0.0779. The molecule has 158 valence electrons. The van der Waals surface area contributed by atoms with Gasteiger partial charge in [0.2, 0.25) is 0 Å². The van der Waals surface area contributed by atoms with Gasteiger partial charge in [-0.2, -0.15) is 5.10 Å². The molecule has 8 nitrogen and oxygen atoms in total. The smallest absolute Gasteiger partial charge is 0.341 e. The van der Waals surface area contributed by atoms with E-state index in [9.17, 15) is 14.7 Å². The molecule has 8 heteroatoms. The van der Waals surface area contributed by atoms with Crippen LogP contribution in [0.1, 0.15) is 37.2 Å². The van der Waals surface area contributed by atoms with Gasteiger partial charge in [-0.1, -0.05) is 32.9 Å². The van der Waals surface area contributed by atoms with Gasteiger partial charge >= 0.3 is 5.97 Å². The number of carbonyl (C=O) groups is 1. The fraction of sp³-hybridized carbons (Fsp3) is 0.409. The zero-order valence-electron chi connectivity index (χ0n) is 17.5. The van der Waals surface area contributed by atoms with Crippen molar-refractivity contribution in [3.8, 4) is 17.1 Å². The largest absolute Gasteiger partial charge is 0.489 e. The number of hydrogen-bond acceptors (Lipinski definition) is 5. The minimum atomic E-state index is -1.22. The summed E-state index contributed by atoms with van der Waals surface area (Å²) >= 11 is 0. The summed E-state index contributed by atoms with van der Waals surface area (Å²) in [4.78, 5) is 24.1. The van der Waals surface area contributed by atoms with Crippen molar-refractivity contribution >= 4 is 16.9 Å². The Bertz CT molecular complexity index is 1190. The number of aromatic nitrogens is 3.